The van der Waals surface area contributed by atoms with Crippen molar-refractivity contribution < 1.29 is 13.2 Å². The number of carbonyl (C=O) groups is 1. The Morgan fingerprint density at radius 3 is 2.63 bits per heavy atom. The standard InChI is InChI=1S/C18H29N5O3S/c1-2-21-18(23-11-3-4-15(13-23)12-17(19)24)22-10-9-14-5-7-16(8-6-14)27(20,25)26/h5-8,15H,2-4,9-13H2,1H3,(H2,19,24)(H,21,22)(H2,20,25,26). The molecule has 0 spiro atoms. The number of primary sulfonamides is 1. The van der Waals surface area contributed by atoms with Crippen molar-refractivity contribution in [3.8, 4) is 0 Å². The smallest absolute Gasteiger partial charge is 0.238 e. The van der Waals surface area contributed by atoms with Crippen molar-refractivity contribution in [3.05, 3.63) is 29.8 Å². The van der Waals surface area contributed by atoms with Crippen LogP contribution in [0.15, 0.2) is 34.2 Å². The molecule has 1 atom stereocenters. The fourth-order valence-corrected chi connectivity index (χ4v) is 3.79. The number of piperidine rings is 1. The van der Waals surface area contributed by atoms with Gasteiger partial charge in [0.05, 0.1) is 4.90 Å². The SMILES string of the molecule is CCNC(=NCCc1ccc(S(N)(=O)=O)cc1)N1CCCC(CC(N)=O)C1. The van der Waals surface area contributed by atoms with Crippen LogP contribution in [0.1, 0.15) is 31.7 Å². The summed E-state index contributed by atoms with van der Waals surface area (Å²) in [7, 11) is -3.67. The van der Waals surface area contributed by atoms with Crippen molar-refractivity contribution in [2.45, 2.75) is 37.5 Å². The molecule has 1 unspecified atom stereocenters. The molecular formula is C18H29N5O3S. The first-order valence-corrected chi connectivity index (χ1v) is 10.8. The van der Waals surface area contributed by atoms with Crippen LogP contribution in [-0.4, -0.2) is 51.4 Å². The lowest BCUT2D eigenvalue weighted by Gasteiger charge is -2.34. The van der Waals surface area contributed by atoms with E-state index in [-0.39, 0.29) is 16.7 Å². The highest BCUT2D eigenvalue weighted by molar-refractivity contribution is 7.89. The van der Waals surface area contributed by atoms with Crippen molar-refractivity contribution >= 4 is 21.9 Å². The van der Waals surface area contributed by atoms with Crippen LogP contribution in [0.2, 0.25) is 0 Å². The van der Waals surface area contributed by atoms with Gasteiger partial charge in [-0.1, -0.05) is 12.1 Å². The number of nitrogens with two attached hydrogens (primary N) is 2. The molecule has 0 saturated carbocycles. The summed E-state index contributed by atoms with van der Waals surface area (Å²) in [6.07, 6.45) is 3.12. The van der Waals surface area contributed by atoms with E-state index in [0.717, 1.165) is 44.0 Å². The van der Waals surface area contributed by atoms with Gasteiger partial charge < -0.3 is 16.0 Å². The van der Waals surface area contributed by atoms with Crippen LogP contribution in [0.25, 0.3) is 0 Å². The summed E-state index contributed by atoms with van der Waals surface area (Å²) in [5, 5.41) is 8.42. The van der Waals surface area contributed by atoms with Gasteiger partial charge in [-0.2, -0.15) is 0 Å². The highest BCUT2D eigenvalue weighted by atomic mass is 32.2. The normalized spacial score (nSPS) is 18.4. The summed E-state index contributed by atoms with van der Waals surface area (Å²) in [5.74, 6) is 0.852. The molecule has 1 aromatic carbocycles. The molecule has 1 saturated heterocycles. The lowest BCUT2D eigenvalue weighted by Crippen LogP contribution is -2.47. The molecule has 0 radical (unpaired) electrons. The molecule has 1 aliphatic rings. The molecule has 1 heterocycles. The highest BCUT2D eigenvalue weighted by Crippen LogP contribution is 2.19. The maximum Gasteiger partial charge on any atom is 0.238 e. The first kappa shape index (κ1) is 21.2. The average molecular weight is 396 g/mol. The molecule has 8 nitrogen and oxygen atoms in total. The van der Waals surface area contributed by atoms with Crippen LogP contribution in [0.4, 0.5) is 0 Å². The van der Waals surface area contributed by atoms with Crippen molar-refractivity contribution in [2.24, 2.45) is 21.8 Å². The Morgan fingerprint density at radius 2 is 2.04 bits per heavy atom. The third kappa shape index (κ3) is 6.84. The molecule has 1 fully saturated rings. The second-order valence-electron chi connectivity index (χ2n) is 6.80. The van der Waals surface area contributed by atoms with Crippen molar-refractivity contribution in [2.75, 3.05) is 26.2 Å². The van der Waals surface area contributed by atoms with Gasteiger partial charge in [0, 0.05) is 32.6 Å². The molecule has 27 heavy (non-hydrogen) atoms. The Morgan fingerprint density at radius 1 is 1.33 bits per heavy atom. The number of hydrogen-bond donors (Lipinski definition) is 3. The largest absolute Gasteiger partial charge is 0.370 e. The predicted octanol–water partition coefficient (Wildman–Crippen LogP) is 0.429. The molecule has 5 N–H and O–H groups in total. The molecule has 0 aliphatic carbocycles. The first-order chi connectivity index (χ1) is 12.8. The van der Waals surface area contributed by atoms with Gasteiger partial charge in [-0.05, 0) is 49.8 Å². The predicted molar refractivity (Wildman–Crippen MR) is 106 cm³/mol. The number of aliphatic imine (C=N–C) groups is 1. The van der Waals surface area contributed by atoms with E-state index in [1.54, 1.807) is 12.1 Å². The number of amides is 1. The molecule has 1 amide bonds. The number of nitrogens with zero attached hydrogens (tertiary/aromatic N) is 2. The topological polar surface area (TPSA) is 131 Å². The molecule has 1 aromatic rings. The van der Waals surface area contributed by atoms with Gasteiger partial charge in [-0.3, -0.25) is 9.79 Å². The van der Waals surface area contributed by atoms with Crippen LogP contribution in [-0.2, 0) is 21.2 Å². The van der Waals surface area contributed by atoms with E-state index in [9.17, 15) is 13.2 Å². The molecular weight excluding hydrogens is 366 g/mol. The molecule has 0 bridgehead atoms. The number of primary amides is 1. The second kappa shape index (κ2) is 9.70. The zero-order valence-corrected chi connectivity index (χ0v) is 16.5. The number of hydrogen-bond acceptors (Lipinski definition) is 4. The van der Waals surface area contributed by atoms with E-state index < -0.39 is 10.0 Å². The van der Waals surface area contributed by atoms with E-state index >= 15 is 0 Å². The second-order valence-corrected chi connectivity index (χ2v) is 8.36. The van der Waals surface area contributed by atoms with Gasteiger partial charge in [0.2, 0.25) is 15.9 Å². The van der Waals surface area contributed by atoms with Crippen molar-refractivity contribution in [1.29, 1.82) is 0 Å². The van der Waals surface area contributed by atoms with Crippen LogP contribution >= 0.6 is 0 Å². The van der Waals surface area contributed by atoms with E-state index in [2.05, 4.69) is 15.2 Å². The van der Waals surface area contributed by atoms with Gasteiger partial charge in [-0.25, -0.2) is 13.6 Å². The number of benzene rings is 1. The van der Waals surface area contributed by atoms with E-state index in [1.807, 2.05) is 6.92 Å². The van der Waals surface area contributed by atoms with Crippen LogP contribution in [0.3, 0.4) is 0 Å². The summed E-state index contributed by atoms with van der Waals surface area (Å²) in [6, 6.07) is 6.54. The molecule has 150 valence electrons. The number of sulfonamides is 1. The molecule has 0 aromatic heterocycles. The van der Waals surface area contributed by atoms with Gasteiger partial charge in [0.25, 0.3) is 0 Å². The number of nitrogens with one attached hydrogen (secondary N) is 1. The highest BCUT2D eigenvalue weighted by Gasteiger charge is 2.23. The Hall–Kier alpha value is -2.13. The summed E-state index contributed by atoms with van der Waals surface area (Å²) in [4.78, 5) is 18.2. The minimum absolute atomic E-state index is 0.108. The minimum Gasteiger partial charge on any atom is -0.370 e. The zero-order chi connectivity index (χ0) is 19.9. The van der Waals surface area contributed by atoms with E-state index in [1.165, 1.54) is 12.1 Å². The maximum atomic E-state index is 11.3. The number of guanidine groups is 1. The van der Waals surface area contributed by atoms with Gasteiger partial charge >= 0.3 is 0 Å². The number of carbonyl (C=O) groups excluding carboxylic acids is 1. The fourth-order valence-electron chi connectivity index (χ4n) is 3.27. The lowest BCUT2D eigenvalue weighted by atomic mass is 9.95. The fraction of sp³-hybridized carbons (Fsp3) is 0.556. The Kier molecular flexibility index (Phi) is 7.61. The Balaban J connectivity index is 1.97. The summed E-state index contributed by atoms with van der Waals surface area (Å²) < 4.78 is 22.6. The van der Waals surface area contributed by atoms with Crippen LogP contribution in [0.5, 0.6) is 0 Å². The maximum absolute atomic E-state index is 11.3. The molecule has 9 heteroatoms. The first-order valence-electron chi connectivity index (χ1n) is 9.23. The quantitative estimate of drug-likeness (QED) is 0.455. The van der Waals surface area contributed by atoms with Gasteiger partial charge in [-0.15, -0.1) is 0 Å². The molecule has 2 rings (SSSR count). The monoisotopic (exact) mass is 395 g/mol. The van der Waals surface area contributed by atoms with E-state index in [0.29, 0.717) is 19.4 Å². The Labute approximate surface area is 161 Å². The zero-order valence-electron chi connectivity index (χ0n) is 15.7. The Bertz CT molecular complexity index is 762. The molecule has 1 aliphatic heterocycles. The summed E-state index contributed by atoms with van der Waals surface area (Å²) in [5.41, 5.74) is 6.33. The van der Waals surface area contributed by atoms with Crippen molar-refractivity contribution in [3.63, 3.8) is 0 Å². The third-order valence-corrected chi connectivity index (χ3v) is 5.49. The van der Waals surface area contributed by atoms with Gasteiger partial charge in [0.15, 0.2) is 5.96 Å². The number of likely N-dealkylation sites (tertiary alicyclic amines) is 1. The van der Waals surface area contributed by atoms with Crippen molar-refractivity contribution in [1.82, 2.24) is 10.2 Å². The average Bonchev–Trinajstić information content (AvgIpc) is 2.60. The third-order valence-electron chi connectivity index (χ3n) is 4.56. The minimum atomic E-state index is -3.67. The van der Waals surface area contributed by atoms with Crippen LogP contribution < -0.4 is 16.2 Å². The van der Waals surface area contributed by atoms with Gasteiger partial charge in [0.1, 0.15) is 0 Å². The summed E-state index contributed by atoms with van der Waals surface area (Å²) >= 11 is 0. The van der Waals surface area contributed by atoms with E-state index in [4.69, 9.17) is 10.9 Å². The number of rotatable bonds is 7. The lowest BCUT2D eigenvalue weighted by molar-refractivity contribution is -0.119. The summed E-state index contributed by atoms with van der Waals surface area (Å²) in [6.45, 7) is 5.04. The van der Waals surface area contributed by atoms with Crippen LogP contribution in [0, 0.1) is 5.92 Å².